The molecule has 1 atom stereocenters. The number of benzene rings is 2. The topological polar surface area (TPSA) is 44.8 Å². The first-order chi connectivity index (χ1) is 14.3. The number of nitrogens with one attached hydrogen (secondary N) is 1. The Kier molecular flexibility index (Phi) is 4.82. The van der Waals surface area contributed by atoms with Crippen molar-refractivity contribution in [1.29, 1.82) is 0 Å². The number of halogens is 1. The van der Waals surface area contributed by atoms with Crippen LogP contribution in [0.5, 0.6) is 0 Å². The van der Waals surface area contributed by atoms with Gasteiger partial charge in [-0.05, 0) is 60.8 Å². The number of aromatic amines is 1. The highest BCUT2D eigenvalue weighted by molar-refractivity contribution is 5.78. The van der Waals surface area contributed by atoms with Gasteiger partial charge in [-0.3, -0.25) is 15.0 Å². The lowest BCUT2D eigenvalue weighted by molar-refractivity contribution is 0.198. The normalized spacial score (nSPS) is 17.6. The number of piperidine rings is 1. The minimum Gasteiger partial charge on any atom is -0.298 e. The van der Waals surface area contributed by atoms with Crippen molar-refractivity contribution >= 4 is 10.9 Å². The fourth-order valence-corrected chi connectivity index (χ4v) is 4.38. The Bertz CT molecular complexity index is 1120. The zero-order valence-electron chi connectivity index (χ0n) is 16.2. The molecule has 2 aromatic carbocycles. The number of nitrogens with zero attached hydrogens (tertiary/aromatic N) is 3. The molecule has 0 saturated carbocycles. The lowest BCUT2D eigenvalue weighted by Crippen LogP contribution is -2.34. The van der Waals surface area contributed by atoms with Gasteiger partial charge in [0.1, 0.15) is 5.82 Å². The second-order valence-corrected chi connectivity index (χ2v) is 7.81. The van der Waals surface area contributed by atoms with Gasteiger partial charge in [0, 0.05) is 41.8 Å². The molecule has 1 N–H and O–H groups in total. The van der Waals surface area contributed by atoms with Crippen LogP contribution in [0.25, 0.3) is 22.0 Å². The van der Waals surface area contributed by atoms with Gasteiger partial charge in [-0.15, -0.1) is 0 Å². The van der Waals surface area contributed by atoms with Gasteiger partial charge in [0.05, 0.1) is 11.7 Å². The predicted molar refractivity (Wildman–Crippen MR) is 113 cm³/mol. The van der Waals surface area contributed by atoms with Crippen molar-refractivity contribution in [2.45, 2.75) is 25.3 Å². The summed E-state index contributed by atoms with van der Waals surface area (Å²) in [6.45, 7) is 3.02. The molecule has 3 heterocycles. The Hall–Kier alpha value is -3.05. The molecule has 0 aliphatic carbocycles. The van der Waals surface area contributed by atoms with E-state index in [1.165, 1.54) is 23.1 Å². The number of pyridine rings is 1. The third kappa shape index (κ3) is 3.78. The monoisotopic (exact) mass is 386 g/mol. The van der Waals surface area contributed by atoms with Crippen molar-refractivity contribution in [2.75, 3.05) is 13.1 Å². The molecular weight excluding hydrogens is 363 g/mol. The van der Waals surface area contributed by atoms with E-state index >= 15 is 0 Å². The second kappa shape index (κ2) is 7.76. The van der Waals surface area contributed by atoms with Crippen molar-refractivity contribution in [2.24, 2.45) is 0 Å². The van der Waals surface area contributed by atoms with Crippen molar-refractivity contribution in [3.05, 3.63) is 84.1 Å². The molecule has 0 unspecified atom stereocenters. The minimum absolute atomic E-state index is 0.215. The SMILES string of the molecule is Fc1ccc(-c2cn[nH]c2[C@@H]2CCCN(Cc3ccc4ncccc4c3)C2)cc1. The van der Waals surface area contributed by atoms with Gasteiger partial charge in [-0.1, -0.05) is 24.3 Å². The summed E-state index contributed by atoms with van der Waals surface area (Å²) in [5.41, 5.74) is 5.59. The standard InChI is InChI=1S/C24H23FN4/c25-21-8-6-18(7-9-21)22-14-27-28-24(22)20-4-2-12-29(16-20)15-17-5-10-23-19(13-17)3-1-11-26-23/h1,3,5-11,13-14,20H,2,4,12,15-16H2,(H,27,28)/t20-/m1/s1. The smallest absolute Gasteiger partial charge is 0.123 e. The molecule has 5 heteroatoms. The van der Waals surface area contributed by atoms with Crippen molar-refractivity contribution in [3.8, 4) is 11.1 Å². The highest BCUT2D eigenvalue weighted by Gasteiger charge is 2.25. The molecule has 1 fully saturated rings. The molecule has 4 aromatic rings. The summed E-state index contributed by atoms with van der Waals surface area (Å²) in [6, 6.07) is 17.3. The number of aromatic nitrogens is 3. The summed E-state index contributed by atoms with van der Waals surface area (Å²) >= 11 is 0. The molecule has 4 nitrogen and oxygen atoms in total. The van der Waals surface area contributed by atoms with E-state index in [0.717, 1.165) is 54.8 Å². The Morgan fingerprint density at radius 1 is 1.10 bits per heavy atom. The first kappa shape index (κ1) is 18.0. The van der Waals surface area contributed by atoms with Gasteiger partial charge in [0.25, 0.3) is 0 Å². The number of hydrogen-bond donors (Lipinski definition) is 1. The van der Waals surface area contributed by atoms with Gasteiger partial charge in [-0.2, -0.15) is 5.10 Å². The number of likely N-dealkylation sites (tertiary alicyclic amines) is 1. The molecule has 0 spiro atoms. The molecule has 1 aliphatic rings. The van der Waals surface area contributed by atoms with E-state index in [1.54, 1.807) is 0 Å². The molecule has 29 heavy (non-hydrogen) atoms. The predicted octanol–water partition coefficient (Wildman–Crippen LogP) is 5.14. The minimum atomic E-state index is -0.215. The van der Waals surface area contributed by atoms with E-state index in [4.69, 9.17) is 0 Å². The number of H-pyrrole nitrogens is 1. The lowest BCUT2D eigenvalue weighted by atomic mass is 9.90. The highest BCUT2D eigenvalue weighted by atomic mass is 19.1. The first-order valence-electron chi connectivity index (χ1n) is 10.1. The second-order valence-electron chi connectivity index (χ2n) is 7.81. The van der Waals surface area contributed by atoms with Crippen LogP contribution < -0.4 is 0 Å². The summed E-state index contributed by atoms with van der Waals surface area (Å²) in [5, 5.41) is 8.70. The summed E-state index contributed by atoms with van der Waals surface area (Å²) in [7, 11) is 0. The molecule has 0 radical (unpaired) electrons. The van der Waals surface area contributed by atoms with Crippen molar-refractivity contribution in [1.82, 2.24) is 20.1 Å². The first-order valence-corrected chi connectivity index (χ1v) is 10.1. The van der Waals surface area contributed by atoms with Crippen LogP contribution in [0, 0.1) is 5.82 Å². The summed E-state index contributed by atoms with van der Waals surface area (Å²) in [5.74, 6) is 0.182. The van der Waals surface area contributed by atoms with Crippen LogP contribution in [-0.2, 0) is 6.54 Å². The van der Waals surface area contributed by atoms with Crippen LogP contribution in [0.4, 0.5) is 4.39 Å². The van der Waals surface area contributed by atoms with Crippen LogP contribution in [0.3, 0.4) is 0 Å². The lowest BCUT2D eigenvalue weighted by Gasteiger charge is -2.32. The van der Waals surface area contributed by atoms with Crippen LogP contribution >= 0.6 is 0 Å². The molecule has 1 saturated heterocycles. The third-order valence-electron chi connectivity index (χ3n) is 5.81. The Morgan fingerprint density at radius 3 is 2.90 bits per heavy atom. The number of hydrogen-bond acceptors (Lipinski definition) is 3. The summed E-state index contributed by atoms with van der Waals surface area (Å²) in [4.78, 5) is 6.93. The van der Waals surface area contributed by atoms with Crippen LogP contribution in [0.15, 0.2) is 67.0 Å². The van der Waals surface area contributed by atoms with E-state index in [0.29, 0.717) is 5.92 Å². The van der Waals surface area contributed by atoms with Crippen LogP contribution in [0.2, 0.25) is 0 Å². The van der Waals surface area contributed by atoms with Gasteiger partial charge < -0.3 is 0 Å². The van der Waals surface area contributed by atoms with Gasteiger partial charge in [0.15, 0.2) is 0 Å². The maximum absolute atomic E-state index is 13.3. The molecule has 2 aromatic heterocycles. The average Bonchev–Trinajstić information content (AvgIpc) is 3.24. The summed E-state index contributed by atoms with van der Waals surface area (Å²) in [6.07, 6.45) is 5.98. The van der Waals surface area contributed by atoms with Crippen molar-refractivity contribution < 1.29 is 4.39 Å². The number of fused-ring (bicyclic) bond motifs is 1. The largest absolute Gasteiger partial charge is 0.298 e. The fourth-order valence-electron chi connectivity index (χ4n) is 4.38. The molecular formula is C24H23FN4. The quantitative estimate of drug-likeness (QED) is 0.528. The van der Waals surface area contributed by atoms with E-state index in [9.17, 15) is 4.39 Å². The van der Waals surface area contributed by atoms with E-state index in [1.807, 2.05) is 30.6 Å². The van der Waals surface area contributed by atoms with Crippen molar-refractivity contribution in [3.63, 3.8) is 0 Å². The van der Waals surface area contributed by atoms with Gasteiger partial charge >= 0.3 is 0 Å². The summed E-state index contributed by atoms with van der Waals surface area (Å²) < 4.78 is 13.3. The van der Waals surface area contributed by atoms with E-state index in [-0.39, 0.29) is 5.82 Å². The van der Waals surface area contributed by atoms with Crippen LogP contribution in [-0.4, -0.2) is 33.2 Å². The zero-order valence-corrected chi connectivity index (χ0v) is 16.2. The van der Waals surface area contributed by atoms with E-state index < -0.39 is 0 Å². The average molecular weight is 386 g/mol. The van der Waals surface area contributed by atoms with Gasteiger partial charge in [0.2, 0.25) is 0 Å². The molecule has 0 amide bonds. The van der Waals surface area contributed by atoms with Gasteiger partial charge in [-0.25, -0.2) is 4.39 Å². The molecule has 5 rings (SSSR count). The number of rotatable bonds is 4. The van der Waals surface area contributed by atoms with Crippen LogP contribution in [0.1, 0.15) is 30.0 Å². The fraction of sp³-hybridized carbons (Fsp3) is 0.250. The maximum atomic E-state index is 13.3. The maximum Gasteiger partial charge on any atom is 0.123 e. The zero-order chi connectivity index (χ0) is 19.6. The Balaban J connectivity index is 1.34. The highest BCUT2D eigenvalue weighted by Crippen LogP contribution is 2.33. The molecule has 146 valence electrons. The third-order valence-corrected chi connectivity index (χ3v) is 5.81. The molecule has 1 aliphatic heterocycles. The molecule has 0 bridgehead atoms. The Labute approximate surface area is 169 Å². The Morgan fingerprint density at radius 2 is 2.00 bits per heavy atom. The van der Waals surface area contributed by atoms with E-state index in [2.05, 4.69) is 44.3 Å².